The molecule has 1 aromatic heterocycles. The number of amides is 2. The van der Waals surface area contributed by atoms with Crippen molar-refractivity contribution in [1.82, 2.24) is 20.2 Å². The maximum atomic E-state index is 12.1. The smallest absolute Gasteiger partial charge is 0.316 e. The van der Waals surface area contributed by atoms with E-state index < -0.39 is 0 Å². The first-order valence-electron chi connectivity index (χ1n) is 7.94. The van der Waals surface area contributed by atoms with E-state index in [0.717, 1.165) is 25.9 Å². The van der Waals surface area contributed by atoms with Gasteiger partial charge in [0.25, 0.3) is 5.91 Å². The van der Waals surface area contributed by atoms with Gasteiger partial charge in [0.1, 0.15) is 0 Å². The van der Waals surface area contributed by atoms with Crippen LogP contribution < -0.4 is 10.1 Å². The van der Waals surface area contributed by atoms with Gasteiger partial charge in [-0.25, -0.2) is 9.97 Å². The number of aromatic nitrogens is 2. The molecule has 0 spiro atoms. The molecule has 0 bridgehead atoms. The summed E-state index contributed by atoms with van der Waals surface area (Å²) in [6.07, 6.45) is 4.73. The molecule has 0 aromatic carbocycles. The second-order valence-corrected chi connectivity index (χ2v) is 6.09. The van der Waals surface area contributed by atoms with E-state index in [9.17, 15) is 9.59 Å². The third kappa shape index (κ3) is 4.64. The van der Waals surface area contributed by atoms with Crippen LogP contribution in [0.5, 0.6) is 6.01 Å². The molecule has 1 saturated heterocycles. The second kappa shape index (κ2) is 7.89. The minimum absolute atomic E-state index is 0.0429. The molecule has 7 nitrogen and oxygen atoms in total. The lowest BCUT2D eigenvalue weighted by atomic mass is 9.96. The Kier molecular flexibility index (Phi) is 5.90. The molecule has 7 heteroatoms. The molecule has 0 unspecified atom stereocenters. The summed E-state index contributed by atoms with van der Waals surface area (Å²) in [4.78, 5) is 33.8. The summed E-state index contributed by atoms with van der Waals surface area (Å²) in [5.41, 5.74) is 0.415. The molecule has 0 aliphatic carbocycles. The Bertz CT molecular complexity index is 537. The van der Waals surface area contributed by atoms with Gasteiger partial charge in [0.15, 0.2) is 0 Å². The molecule has 1 aliphatic rings. The number of nitrogens with one attached hydrogen (secondary N) is 1. The Balaban J connectivity index is 1.76. The lowest BCUT2D eigenvalue weighted by Crippen LogP contribution is -2.43. The van der Waals surface area contributed by atoms with Crippen LogP contribution in [0.2, 0.25) is 0 Å². The van der Waals surface area contributed by atoms with Gasteiger partial charge in [-0.15, -0.1) is 0 Å². The summed E-state index contributed by atoms with van der Waals surface area (Å²) in [6.45, 7) is 5.98. The molecule has 1 fully saturated rings. The molecule has 1 N–H and O–H groups in total. The van der Waals surface area contributed by atoms with Gasteiger partial charge in [-0.3, -0.25) is 9.59 Å². The molecule has 126 valence electrons. The highest BCUT2D eigenvalue weighted by Gasteiger charge is 2.24. The largest absolute Gasteiger partial charge is 0.467 e. The summed E-state index contributed by atoms with van der Waals surface area (Å²) in [5, 5.41) is 2.91. The van der Waals surface area contributed by atoms with Crippen LogP contribution >= 0.6 is 0 Å². The fourth-order valence-electron chi connectivity index (χ4n) is 2.60. The maximum absolute atomic E-state index is 12.1. The molecule has 0 atom stereocenters. The lowest BCUT2D eigenvalue weighted by molar-refractivity contribution is -0.135. The van der Waals surface area contributed by atoms with Crippen LogP contribution in [0.15, 0.2) is 12.4 Å². The van der Waals surface area contributed by atoms with Crippen molar-refractivity contribution >= 4 is 11.8 Å². The average molecular weight is 320 g/mol. The van der Waals surface area contributed by atoms with Gasteiger partial charge in [-0.1, -0.05) is 13.8 Å². The van der Waals surface area contributed by atoms with E-state index >= 15 is 0 Å². The summed E-state index contributed by atoms with van der Waals surface area (Å²) in [7, 11) is 1.48. The average Bonchev–Trinajstić information content (AvgIpc) is 2.59. The van der Waals surface area contributed by atoms with Gasteiger partial charge in [0.2, 0.25) is 5.91 Å². The summed E-state index contributed by atoms with van der Waals surface area (Å²) >= 11 is 0. The third-order valence-electron chi connectivity index (χ3n) is 4.04. The standard InChI is InChI=1S/C16H24N4O3/c1-11(2)15(22)20-6-4-12(5-7-20)8-17-14(21)13-9-18-16(23-3)19-10-13/h9-12H,4-8H2,1-3H3,(H,17,21). The Hall–Kier alpha value is -2.18. The van der Waals surface area contributed by atoms with Crippen molar-refractivity contribution in [3.8, 4) is 6.01 Å². The van der Waals surface area contributed by atoms with Gasteiger partial charge in [0, 0.05) is 37.9 Å². The molecule has 2 heterocycles. The molecular weight excluding hydrogens is 296 g/mol. The highest BCUT2D eigenvalue weighted by Crippen LogP contribution is 2.18. The van der Waals surface area contributed by atoms with Crippen LogP contribution in [-0.2, 0) is 4.79 Å². The number of nitrogens with zero attached hydrogens (tertiary/aromatic N) is 3. The van der Waals surface area contributed by atoms with E-state index in [2.05, 4.69) is 15.3 Å². The first-order valence-corrected chi connectivity index (χ1v) is 7.94. The van der Waals surface area contributed by atoms with Crippen molar-refractivity contribution < 1.29 is 14.3 Å². The third-order valence-corrected chi connectivity index (χ3v) is 4.04. The first kappa shape index (κ1) is 17.2. The summed E-state index contributed by atoms with van der Waals surface area (Å²) < 4.78 is 4.86. The fraction of sp³-hybridized carbons (Fsp3) is 0.625. The zero-order chi connectivity index (χ0) is 16.8. The quantitative estimate of drug-likeness (QED) is 0.878. The van der Waals surface area contributed by atoms with Crippen LogP contribution in [-0.4, -0.2) is 53.4 Å². The zero-order valence-corrected chi connectivity index (χ0v) is 13.9. The number of rotatable bonds is 5. The van der Waals surface area contributed by atoms with E-state index in [0.29, 0.717) is 18.0 Å². The predicted molar refractivity (Wildman–Crippen MR) is 85.1 cm³/mol. The van der Waals surface area contributed by atoms with E-state index in [-0.39, 0.29) is 23.7 Å². The van der Waals surface area contributed by atoms with Crippen molar-refractivity contribution in [2.45, 2.75) is 26.7 Å². The van der Waals surface area contributed by atoms with E-state index in [1.807, 2.05) is 18.7 Å². The minimum atomic E-state index is -0.187. The minimum Gasteiger partial charge on any atom is -0.467 e. The van der Waals surface area contributed by atoms with Crippen LogP contribution in [0.25, 0.3) is 0 Å². The van der Waals surface area contributed by atoms with Crippen molar-refractivity contribution in [2.75, 3.05) is 26.7 Å². The van der Waals surface area contributed by atoms with Gasteiger partial charge in [-0.05, 0) is 18.8 Å². The van der Waals surface area contributed by atoms with Crippen LogP contribution in [0.4, 0.5) is 0 Å². The number of ether oxygens (including phenoxy) is 1. The maximum Gasteiger partial charge on any atom is 0.316 e. The number of methoxy groups -OCH3 is 1. The Morgan fingerprint density at radius 3 is 2.43 bits per heavy atom. The number of carbonyl (C=O) groups is 2. The van der Waals surface area contributed by atoms with Crippen molar-refractivity contribution in [1.29, 1.82) is 0 Å². The fourth-order valence-corrected chi connectivity index (χ4v) is 2.60. The monoisotopic (exact) mass is 320 g/mol. The highest BCUT2D eigenvalue weighted by molar-refractivity contribution is 5.93. The number of hydrogen-bond donors (Lipinski definition) is 1. The van der Waals surface area contributed by atoms with Crippen LogP contribution in [0, 0.1) is 11.8 Å². The summed E-state index contributed by atoms with van der Waals surface area (Å²) in [5.74, 6) is 0.465. The van der Waals surface area contributed by atoms with Gasteiger partial charge >= 0.3 is 6.01 Å². The molecule has 1 aromatic rings. The van der Waals surface area contributed by atoms with Crippen molar-refractivity contribution in [2.24, 2.45) is 11.8 Å². The normalized spacial score (nSPS) is 15.6. The van der Waals surface area contributed by atoms with Crippen LogP contribution in [0.3, 0.4) is 0 Å². The molecule has 2 rings (SSSR count). The van der Waals surface area contributed by atoms with Gasteiger partial charge < -0.3 is 15.0 Å². The highest BCUT2D eigenvalue weighted by atomic mass is 16.5. The summed E-state index contributed by atoms with van der Waals surface area (Å²) in [6, 6.07) is 0.240. The van der Waals surface area contributed by atoms with Crippen molar-refractivity contribution in [3.05, 3.63) is 18.0 Å². The molecule has 0 saturated carbocycles. The first-order chi connectivity index (χ1) is 11.0. The number of carbonyl (C=O) groups excluding carboxylic acids is 2. The van der Waals surface area contributed by atoms with Crippen molar-refractivity contribution in [3.63, 3.8) is 0 Å². The Labute approximate surface area is 136 Å². The Morgan fingerprint density at radius 2 is 1.91 bits per heavy atom. The predicted octanol–water partition coefficient (Wildman–Crippen LogP) is 1.11. The number of likely N-dealkylation sites (tertiary alicyclic amines) is 1. The second-order valence-electron chi connectivity index (χ2n) is 6.09. The molecular formula is C16H24N4O3. The Morgan fingerprint density at radius 1 is 1.30 bits per heavy atom. The lowest BCUT2D eigenvalue weighted by Gasteiger charge is -2.33. The van der Waals surface area contributed by atoms with Gasteiger partial charge in [-0.2, -0.15) is 0 Å². The van der Waals surface area contributed by atoms with E-state index in [4.69, 9.17) is 4.74 Å². The molecule has 1 aliphatic heterocycles. The van der Waals surface area contributed by atoms with E-state index in [1.54, 1.807) is 0 Å². The molecule has 23 heavy (non-hydrogen) atoms. The van der Waals surface area contributed by atoms with Crippen LogP contribution in [0.1, 0.15) is 37.0 Å². The number of piperidine rings is 1. The topological polar surface area (TPSA) is 84.4 Å². The van der Waals surface area contributed by atoms with Gasteiger partial charge in [0.05, 0.1) is 12.7 Å². The zero-order valence-electron chi connectivity index (χ0n) is 13.9. The molecule has 0 radical (unpaired) electrons. The molecule has 2 amide bonds. The number of hydrogen-bond acceptors (Lipinski definition) is 5. The van der Waals surface area contributed by atoms with E-state index in [1.165, 1.54) is 19.5 Å². The SMILES string of the molecule is COc1ncc(C(=O)NCC2CCN(C(=O)C(C)C)CC2)cn1.